The summed E-state index contributed by atoms with van der Waals surface area (Å²) in [6.07, 6.45) is 1.40. The maximum atomic E-state index is 13.2. The standard InChI is InChI=1S/C23H31N5O3/c1-18-26-20(17-21(27-18)28-11-15-31-16-12-28)24-9-10-25-22(29)23(7-13-30-14-8-23)19-5-3-2-4-6-19/h2-6,17H,7-16H2,1H3,(H,25,29)(H,24,26,27). The van der Waals surface area contributed by atoms with Crippen LogP contribution in [0.5, 0.6) is 0 Å². The molecule has 8 heteroatoms. The molecule has 3 heterocycles. The van der Waals surface area contributed by atoms with E-state index in [1.54, 1.807) is 0 Å². The maximum Gasteiger partial charge on any atom is 0.230 e. The highest BCUT2D eigenvalue weighted by Crippen LogP contribution is 2.35. The summed E-state index contributed by atoms with van der Waals surface area (Å²) in [7, 11) is 0. The normalized spacial score (nSPS) is 18.4. The highest BCUT2D eigenvalue weighted by atomic mass is 16.5. The van der Waals surface area contributed by atoms with Crippen LogP contribution in [0.15, 0.2) is 36.4 Å². The Labute approximate surface area is 183 Å². The Kier molecular flexibility index (Phi) is 6.99. The molecule has 0 unspecified atom stereocenters. The Morgan fingerprint density at radius 2 is 1.74 bits per heavy atom. The van der Waals surface area contributed by atoms with Gasteiger partial charge in [0.1, 0.15) is 17.5 Å². The topological polar surface area (TPSA) is 88.6 Å². The second-order valence-electron chi connectivity index (χ2n) is 8.00. The van der Waals surface area contributed by atoms with Crippen molar-refractivity contribution in [2.75, 3.05) is 62.8 Å². The van der Waals surface area contributed by atoms with E-state index in [0.717, 1.165) is 36.1 Å². The van der Waals surface area contributed by atoms with Gasteiger partial charge in [0.15, 0.2) is 0 Å². The average Bonchev–Trinajstić information content (AvgIpc) is 2.83. The molecule has 0 saturated carbocycles. The molecule has 0 aliphatic carbocycles. The molecular formula is C23H31N5O3. The summed E-state index contributed by atoms with van der Waals surface area (Å²) in [5, 5.41) is 6.45. The number of morpholine rings is 1. The summed E-state index contributed by atoms with van der Waals surface area (Å²) in [6, 6.07) is 12.0. The molecule has 2 fully saturated rings. The second-order valence-corrected chi connectivity index (χ2v) is 8.00. The first-order valence-electron chi connectivity index (χ1n) is 11.0. The van der Waals surface area contributed by atoms with Gasteiger partial charge >= 0.3 is 0 Å². The van der Waals surface area contributed by atoms with Crippen molar-refractivity contribution < 1.29 is 14.3 Å². The summed E-state index contributed by atoms with van der Waals surface area (Å²) in [5.41, 5.74) is 0.541. The molecule has 31 heavy (non-hydrogen) atoms. The molecule has 2 aromatic rings. The van der Waals surface area contributed by atoms with Crippen molar-refractivity contribution >= 4 is 17.5 Å². The molecule has 2 N–H and O–H groups in total. The van der Waals surface area contributed by atoms with E-state index in [2.05, 4.69) is 25.5 Å². The van der Waals surface area contributed by atoms with E-state index in [4.69, 9.17) is 9.47 Å². The number of amides is 1. The van der Waals surface area contributed by atoms with Gasteiger partial charge in [-0.2, -0.15) is 0 Å². The first kappa shape index (κ1) is 21.5. The number of aryl methyl sites for hydroxylation is 1. The fourth-order valence-electron chi connectivity index (χ4n) is 4.26. The number of benzene rings is 1. The van der Waals surface area contributed by atoms with Crippen LogP contribution in [0.4, 0.5) is 11.6 Å². The second kappa shape index (κ2) is 10.1. The lowest BCUT2D eigenvalue weighted by molar-refractivity contribution is -0.130. The monoisotopic (exact) mass is 425 g/mol. The van der Waals surface area contributed by atoms with E-state index < -0.39 is 5.41 Å². The molecule has 1 amide bonds. The third-order valence-electron chi connectivity index (χ3n) is 5.98. The predicted molar refractivity (Wildman–Crippen MR) is 119 cm³/mol. The van der Waals surface area contributed by atoms with Crippen molar-refractivity contribution in [2.24, 2.45) is 0 Å². The van der Waals surface area contributed by atoms with Gasteiger partial charge in [0, 0.05) is 45.5 Å². The number of carbonyl (C=O) groups excluding carboxylic acids is 1. The van der Waals surface area contributed by atoms with Gasteiger partial charge < -0.3 is 25.0 Å². The van der Waals surface area contributed by atoms with Crippen LogP contribution in [0.1, 0.15) is 24.2 Å². The van der Waals surface area contributed by atoms with Crippen molar-refractivity contribution in [1.82, 2.24) is 15.3 Å². The van der Waals surface area contributed by atoms with E-state index in [0.29, 0.717) is 52.4 Å². The van der Waals surface area contributed by atoms with E-state index in [9.17, 15) is 4.79 Å². The molecule has 2 aliphatic heterocycles. The van der Waals surface area contributed by atoms with Crippen LogP contribution in [0.2, 0.25) is 0 Å². The Morgan fingerprint density at radius 3 is 2.48 bits per heavy atom. The minimum atomic E-state index is -0.519. The predicted octanol–water partition coefficient (Wildman–Crippen LogP) is 1.90. The zero-order valence-electron chi connectivity index (χ0n) is 18.1. The van der Waals surface area contributed by atoms with Gasteiger partial charge in [0.25, 0.3) is 0 Å². The highest BCUT2D eigenvalue weighted by molar-refractivity contribution is 5.88. The highest BCUT2D eigenvalue weighted by Gasteiger charge is 2.41. The van der Waals surface area contributed by atoms with Gasteiger partial charge in [-0.25, -0.2) is 9.97 Å². The van der Waals surface area contributed by atoms with E-state index in [-0.39, 0.29) is 5.91 Å². The smallest absolute Gasteiger partial charge is 0.230 e. The minimum Gasteiger partial charge on any atom is -0.381 e. The lowest BCUT2D eigenvalue weighted by Crippen LogP contribution is -2.49. The van der Waals surface area contributed by atoms with Gasteiger partial charge in [-0.1, -0.05) is 30.3 Å². The van der Waals surface area contributed by atoms with Crippen LogP contribution in [0.3, 0.4) is 0 Å². The quantitative estimate of drug-likeness (QED) is 0.655. The molecule has 0 radical (unpaired) electrons. The van der Waals surface area contributed by atoms with Gasteiger partial charge in [0.05, 0.1) is 18.6 Å². The molecule has 1 aromatic carbocycles. The molecular weight excluding hydrogens is 394 g/mol. The molecule has 2 saturated heterocycles. The van der Waals surface area contributed by atoms with Crippen LogP contribution >= 0.6 is 0 Å². The summed E-state index contributed by atoms with van der Waals surface area (Å²) in [4.78, 5) is 24.5. The summed E-state index contributed by atoms with van der Waals surface area (Å²) >= 11 is 0. The van der Waals surface area contributed by atoms with Gasteiger partial charge in [0.2, 0.25) is 5.91 Å². The largest absolute Gasteiger partial charge is 0.381 e. The summed E-state index contributed by atoms with van der Waals surface area (Å²) in [5.74, 6) is 2.47. The fraction of sp³-hybridized carbons (Fsp3) is 0.522. The van der Waals surface area contributed by atoms with Crippen LogP contribution in [0.25, 0.3) is 0 Å². The van der Waals surface area contributed by atoms with Gasteiger partial charge in [-0.3, -0.25) is 4.79 Å². The maximum absolute atomic E-state index is 13.2. The Bertz CT molecular complexity index is 865. The molecule has 1 aromatic heterocycles. The number of nitrogens with one attached hydrogen (secondary N) is 2. The van der Waals surface area contributed by atoms with E-state index in [1.807, 2.05) is 43.3 Å². The van der Waals surface area contributed by atoms with Gasteiger partial charge in [-0.05, 0) is 25.3 Å². The van der Waals surface area contributed by atoms with Crippen LogP contribution in [-0.4, -0.2) is 68.5 Å². The third kappa shape index (κ3) is 5.14. The molecule has 2 aliphatic rings. The van der Waals surface area contributed by atoms with Gasteiger partial charge in [-0.15, -0.1) is 0 Å². The number of rotatable bonds is 7. The van der Waals surface area contributed by atoms with Crippen molar-refractivity contribution in [1.29, 1.82) is 0 Å². The molecule has 8 nitrogen and oxygen atoms in total. The van der Waals surface area contributed by atoms with Crippen molar-refractivity contribution in [3.63, 3.8) is 0 Å². The Balaban J connectivity index is 1.35. The van der Waals surface area contributed by atoms with Crippen molar-refractivity contribution in [3.8, 4) is 0 Å². The van der Waals surface area contributed by atoms with Crippen LogP contribution in [-0.2, 0) is 19.7 Å². The fourth-order valence-corrected chi connectivity index (χ4v) is 4.26. The number of hydrogen-bond acceptors (Lipinski definition) is 7. The van der Waals surface area contributed by atoms with E-state index >= 15 is 0 Å². The number of anilines is 2. The molecule has 0 bridgehead atoms. The summed E-state index contributed by atoms with van der Waals surface area (Å²) in [6.45, 7) is 7.30. The number of aromatic nitrogens is 2. The van der Waals surface area contributed by atoms with Crippen LogP contribution < -0.4 is 15.5 Å². The first-order chi connectivity index (χ1) is 15.2. The number of ether oxygens (including phenoxy) is 2. The molecule has 166 valence electrons. The number of hydrogen-bond donors (Lipinski definition) is 2. The van der Waals surface area contributed by atoms with E-state index in [1.165, 1.54) is 0 Å². The molecule has 0 atom stereocenters. The number of nitrogens with zero attached hydrogens (tertiary/aromatic N) is 3. The lowest BCUT2D eigenvalue weighted by atomic mass is 9.73. The summed E-state index contributed by atoms with van der Waals surface area (Å²) < 4.78 is 11.0. The number of carbonyl (C=O) groups is 1. The lowest BCUT2D eigenvalue weighted by Gasteiger charge is -2.36. The first-order valence-corrected chi connectivity index (χ1v) is 11.0. The Morgan fingerprint density at radius 1 is 1.03 bits per heavy atom. The van der Waals surface area contributed by atoms with Crippen molar-refractivity contribution in [2.45, 2.75) is 25.2 Å². The molecule has 0 spiro atoms. The zero-order chi connectivity index (χ0) is 21.5. The van der Waals surface area contributed by atoms with Crippen LogP contribution in [0, 0.1) is 6.92 Å². The zero-order valence-corrected chi connectivity index (χ0v) is 18.1. The average molecular weight is 426 g/mol. The third-order valence-corrected chi connectivity index (χ3v) is 5.98. The SMILES string of the molecule is Cc1nc(NCCNC(=O)C2(c3ccccc3)CCOCC2)cc(N2CCOCC2)n1. The molecule has 4 rings (SSSR count). The van der Waals surface area contributed by atoms with Crippen molar-refractivity contribution in [3.05, 3.63) is 47.8 Å². The minimum absolute atomic E-state index is 0.0664. The Hall–Kier alpha value is -2.71.